The van der Waals surface area contributed by atoms with Crippen LogP contribution in [0.4, 0.5) is 5.69 Å². The van der Waals surface area contributed by atoms with Gasteiger partial charge in [-0.15, -0.1) is 0 Å². The summed E-state index contributed by atoms with van der Waals surface area (Å²) in [5.74, 6) is 0.106. The summed E-state index contributed by atoms with van der Waals surface area (Å²) < 4.78 is 5.80. The molecule has 0 unspecified atom stereocenters. The third-order valence-corrected chi connectivity index (χ3v) is 6.81. The monoisotopic (exact) mass is 536 g/mol. The first kappa shape index (κ1) is 24.0. The van der Waals surface area contributed by atoms with Gasteiger partial charge in [0.15, 0.2) is 10.9 Å². The van der Waals surface area contributed by atoms with Crippen LogP contribution in [0.2, 0.25) is 20.1 Å². The topological polar surface area (TPSA) is 50.7 Å². The van der Waals surface area contributed by atoms with E-state index in [9.17, 15) is 4.79 Å². The van der Waals surface area contributed by atoms with Crippen LogP contribution >= 0.6 is 58.2 Å². The molecule has 0 bridgehead atoms. The lowest BCUT2D eigenvalue weighted by Crippen LogP contribution is -2.19. The molecule has 0 aromatic heterocycles. The Hall–Kier alpha value is -2.15. The fourth-order valence-corrected chi connectivity index (χ4v) is 4.73. The summed E-state index contributed by atoms with van der Waals surface area (Å²) in [4.78, 5) is 17.3. The molecule has 0 atom stereocenters. The number of aliphatic imine (C=N–C) groups is 1. The van der Waals surface area contributed by atoms with Gasteiger partial charge in [0.1, 0.15) is 6.61 Å². The van der Waals surface area contributed by atoms with Crippen molar-refractivity contribution in [1.29, 1.82) is 0 Å². The van der Waals surface area contributed by atoms with Crippen molar-refractivity contribution in [3.63, 3.8) is 0 Å². The fraction of sp³-hybridized carbons (Fsp3) is 0.0833. The van der Waals surface area contributed by atoms with Gasteiger partial charge in [-0.25, -0.2) is 4.99 Å². The van der Waals surface area contributed by atoms with E-state index in [0.717, 1.165) is 16.8 Å². The van der Waals surface area contributed by atoms with Crippen LogP contribution in [-0.4, -0.2) is 11.1 Å². The zero-order chi connectivity index (χ0) is 23.5. The number of hydrogen-bond donors (Lipinski definition) is 1. The number of hydrogen-bond acceptors (Lipinski definition) is 4. The third kappa shape index (κ3) is 6.05. The Bertz CT molecular complexity index is 1270. The number of aryl methyl sites for hydroxylation is 1. The van der Waals surface area contributed by atoms with Crippen LogP contribution in [0, 0.1) is 6.92 Å². The summed E-state index contributed by atoms with van der Waals surface area (Å²) in [6, 6.07) is 16.3. The minimum absolute atomic E-state index is 0.216. The maximum atomic E-state index is 12.4. The van der Waals surface area contributed by atoms with Crippen LogP contribution in [0.3, 0.4) is 0 Å². The van der Waals surface area contributed by atoms with Crippen LogP contribution in [-0.2, 0) is 11.4 Å². The van der Waals surface area contributed by atoms with Gasteiger partial charge in [-0.05, 0) is 72.3 Å². The lowest BCUT2D eigenvalue weighted by Gasteiger charge is -2.11. The molecule has 0 radical (unpaired) electrons. The molecule has 1 heterocycles. The molecule has 1 aliphatic rings. The van der Waals surface area contributed by atoms with Crippen LogP contribution in [0.1, 0.15) is 16.7 Å². The minimum atomic E-state index is -0.238. The van der Waals surface area contributed by atoms with E-state index in [1.165, 1.54) is 11.8 Å². The van der Waals surface area contributed by atoms with Gasteiger partial charge in [0.05, 0.1) is 30.7 Å². The molecule has 33 heavy (non-hydrogen) atoms. The van der Waals surface area contributed by atoms with Gasteiger partial charge in [-0.1, -0.05) is 70.2 Å². The number of nitrogens with zero attached hydrogens (tertiary/aromatic N) is 1. The standard InChI is InChI=1S/C24H16Cl4N2O2S/c1-13-2-5-16(6-3-13)29-24-30-23(31)21(33-24)11-15-9-19(27)22(20(28)10-15)32-12-14-4-7-17(25)18(26)8-14/h2-11H,12H2,1H3,(H,29,30,31)/b21-11+. The molecule has 4 rings (SSSR count). The van der Waals surface area contributed by atoms with Crippen molar-refractivity contribution < 1.29 is 9.53 Å². The van der Waals surface area contributed by atoms with Crippen molar-refractivity contribution in [2.75, 3.05) is 0 Å². The highest BCUT2D eigenvalue weighted by atomic mass is 35.5. The lowest BCUT2D eigenvalue weighted by atomic mass is 10.2. The molecule has 0 spiro atoms. The second kappa shape index (κ2) is 10.4. The number of amides is 1. The van der Waals surface area contributed by atoms with Crippen molar-refractivity contribution in [3.05, 3.63) is 96.3 Å². The lowest BCUT2D eigenvalue weighted by molar-refractivity contribution is -0.115. The molecule has 0 saturated carbocycles. The Morgan fingerprint density at radius 1 is 0.939 bits per heavy atom. The average molecular weight is 538 g/mol. The predicted octanol–water partition coefficient (Wildman–Crippen LogP) is 8.08. The Kier molecular flexibility index (Phi) is 7.57. The maximum absolute atomic E-state index is 12.4. The van der Waals surface area contributed by atoms with Gasteiger partial charge in [-0.2, -0.15) is 0 Å². The Morgan fingerprint density at radius 3 is 2.30 bits per heavy atom. The normalized spacial score (nSPS) is 15.8. The molecule has 9 heteroatoms. The van der Waals surface area contributed by atoms with Gasteiger partial charge in [-0.3, -0.25) is 4.79 Å². The van der Waals surface area contributed by atoms with Crippen molar-refractivity contribution in [2.45, 2.75) is 13.5 Å². The van der Waals surface area contributed by atoms with Gasteiger partial charge < -0.3 is 10.1 Å². The summed E-state index contributed by atoms with van der Waals surface area (Å²) in [6.07, 6.45) is 1.71. The quantitative estimate of drug-likeness (QED) is 0.334. The molecular weight excluding hydrogens is 522 g/mol. The first-order valence-electron chi connectivity index (χ1n) is 9.70. The molecule has 1 N–H and O–H groups in total. The highest BCUT2D eigenvalue weighted by Crippen LogP contribution is 2.37. The zero-order valence-electron chi connectivity index (χ0n) is 17.2. The number of benzene rings is 3. The van der Waals surface area contributed by atoms with E-state index in [4.69, 9.17) is 51.1 Å². The summed E-state index contributed by atoms with van der Waals surface area (Å²) in [6.45, 7) is 2.22. The maximum Gasteiger partial charge on any atom is 0.264 e. The van der Waals surface area contributed by atoms with E-state index in [1.54, 1.807) is 36.4 Å². The number of carbonyl (C=O) groups excluding carboxylic acids is 1. The number of thioether (sulfide) groups is 1. The van der Waals surface area contributed by atoms with Crippen molar-refractivity contribution in [2.24, 2.45) is 4.99 Å². The van der Waals surface area contributed by atoms with Gasteiger partial charge in [0.25, 0.3) is 5.91 Å². The number of nitrogens with one attached hydrogen (secondary N) is 1. The molecule has 168 valence electrons. The van der Waals surface area contributed by atoms with Crippen molar-refractivity contribution in [3.8, 4) is 5.75 Å². The van der Waals surface area contributed by atoms with Crippen molar-refractivity contribution in [1.82, 2.24) is 5.32 Å². The number of carbonyl (C=O) groups is 1. The summed E-state index contributed by atoms with van der Waals surface area (Å²) in [7, 11) is 0. The molecule has 1 amide bonds. The van der Waals surface area contributed by atoms with Crippen LogP contribution in [0.15, 0.2) is 64.5 Å². The van der Waals surface area contributed by atoms with Crippen molar-refractivity contribution >= 4 is 81.0 Å². The van der Waals surface area contributed by atoms with E-state index in [1.807, 2.05) is 31.2 Å². The third-order valence-electron chi connectivity index (χ3n) is 4.60. The second-order valence-corrected chi connectivity index (χ2v) is 9.83. The first-order chi connectivity index (χ1) is 15.8. The molecule has 0 aliphatic carbocycles. The zero-order valence-corrected chi connectivity index (χ0v) is 21.0. The van der Waals surface area contributed by atoms with Gasteiger partial charge >= 0.3 is 0 Å². The van der Waals surface area contributed by atoms with Crippen LogP contribution in [0.5, 0.6) is 5.75 Å². The fourth-order valence-electron chi connectivity index (χ4n) is 2.95. The summed E-state index contributed by atoms with van der Waals surface area (Å²) in [5, 5.41) is 4.84. The van der Waals surface area contributed by atoms with E-state index in [0.29, 0.717) is 41.5 Å². The smallest absolute Gasteiger partial charge is 0.264 e. The number of ether oxygens (including phenoxy) is 1. The van der Waals surface area contributed by atoms with E-state index >= 15 is 0 Å². The van der Waals surface area contributed by atoms with Crippen LogP contribution < -0.4 is 10.1 Å². The summed E-state index contributed by atoms with van der Waals surface area (Å²) >= 11 is 26.1. The molecule has 1 aliphatic heterocycles. The number of halogens is 4. The molecule has 3 aromatic rings. The predicted molar refractivity (Wildman–Crippen MR) is 139 cm³/mol. The molecule has 3 aromatic carbocycles. The summed E-state index contributed by atoms with van der Waals surface area (Å²) in [5.41, 5.74) is 3.39. The Balaban J connectivity index is 1.49. The van der Waals surface area contributed by atoms with Gasteiger partial charge in [0, 0.05) is 0 Å². The largest absolute Gasteiger partial charge is 0.486 e. The Labute approximate surface area is 215 Å². The van der Waals surface area contributed by atoms with E-state index in [-0.39, 0.29) is 12.5 Å². The highest BCUT2D eigenvalue weighted by molar-refractivity contribution is 8.18. The molecule has 1 saturated heterocycles. The molecule has 1 fully saturated rings. The molecular formula is C24H16Cl4N2O2S. The number of amidine groups is 1. The SMILES string of the molecule is Cc1ccc(N=C2NC(=O)/C(=C\c3cc(Cl)c(OCc4ccc(Cl)c(Cl)c4)c(Cl)c3)S2)cc1. The highest BCUT2D eigenvalue weighted by Gasteiger charge is 2.24. The molecule has 4 nitrogen and oxygen atoms in total. The average Bonchev–Trinajstić information content (AvgIpc) is 3.10. The van der Waals surface area contributed by atoms with Gasteiger partial charge in [0.2, 0.25) is 0 Å². The van der Waals surface area contributed by atoms with E-state index in [2.05, 4.69) is 10.3 Å². The van der Waals surface area contributed by atoms with E-state index < -0.39 is 0 Å². The first-order valence-corrected chi connectivity index (χ1v) is 12.0. The minimum Gasteiger partial charge on any atom is -0.486 e. The Morgan fingerprint density at radius 2 is 1.64 bits per heavy atom. The number of rotatable bonds is 5. The van der Waals surface area contributed by atoms with Crippen LogP contribution in [0.25, 0.3) is 6.08 Å². The second-order valence-electron chi connectivity index (χ2n) is 7.17.